The summed E-state index contributed by atoms with van der Waals surface area (Å²) in [5.74, 6) is -5.20. The molecule has 0 spiro atoms. The first kappa shape index (κ1) is 21.7. The van der Waals surface area contributed by atoms with Crippen molar-refractivity contribution in [2.45, 2.75) is 25.7 Å². The fourth-order valence-electron chi connectivity index (χ4n) is 6.91. The van der Waals surface area contributed by atoms with Crippen LogP contribution in [-0.2, 0) is 19.2 Å². The third kappa shape index (κ3) is 2.77. The van der Waals surface area contributed by atoms with E-state index in [1.165, 1.54) is 11.0 Å². The fraction of sp³-hybridized carbons (Fsp3) is 0.333. The van der Waals surface area contributed by atoms with Crippen LogP contribution in [0.4, 0.5) is 5.69 Å². The second-order valence-corrected chi connectivity index (χ2v) is 10.1. The molecule has 8 heteroatoms. The standard InChI is InChI=1S/C27H24N2O6/c1-27-20(24(32)28(26(27)34)15-7-3-2-4-8-15)13-19-17(22(27)14-6-5-9-16(30)12-14)10-11-18-21(19)25(33)29(35)23(18)31/h2-10,12,18-22,30,35H,11,13H2,1H3. The molecule has 3 fully saturated rings. The smallest absolute Gasteiger partial charge is 0.257 e. The molecule has 2 saturated heterocycles. The van der Waals surface area contributed by atoms with Gasteiger partial charge in [-0.25, -0.2) is 4.90 Å². The summed E-state index contributed by atoms with van der Waals surface area (Å²) in [6, 6.07) is 15.4. The van der Waals surface area contributed by atoms with E-state index in [2.05, 4.69) is 0 Å². The number of hydrogen-bond donors (Lipinski definition) is 2. The molecule has 2 aromatic carbocycles. The minimum atomic E-state index is -1.15. The SMILES string of the molecule is CC12C(=O)N(c3ccccc3)C(=O)C1CC1C(=CCC3C(=O)N(O)C(=O)C31)C2c1cccc(O)c1. The van der Waals surface area contributed by atoms with Crippen molar-refractivity contribution >= 4 is 29.3 Å². The lowest BCUT2D eigenvalue weighted by atomic mass is 9.51. The second-order valence-electron chi connectivity index (χ2n) is 10.1. The number of hydrogen-bond acceptors (Lipinski definition) is 6. The van der Waals surface area contributed by atoms with E-state index in [4.69, 9.17) is 0 Å². The predicted octanol–water partition coefficient (Wildman–Crippen LogP) is 3.01. The van der Waals surface area contributed by atoms with Crippen molar-refractivity contribution in [2.75, 3.05) is 4.90 Å². The highest BCUT2D eigenvalue weighted by molar-refractivity contribution is 6.24. The second kappa shape index (κ2) is 7.36. The molecule has 0 radical (unpaired) electrons. The van der Waals surface area contributed by atoms with Crippen LogP contribution in [0, 0.1) is 29.1 Å². The first-order chi connectivity index (χ1) is 16.7. The quantitative estimate of drug-likeness (QED) is 0.395. The van der Waals surface area contributed by atoms with Gasteiger partial charge >= 0.3 is 0 Å². The Hall–Kier alpha value is -3.78. The highest BCUT2D eigenvalue weighted by atomic mass is 16.5. The largest absolute Gasteiger partial charge is 0.508 e. The van der Waals surface area contributed by atoms with Crippen molar-refractivity contribution in [3.8, 4) is 5.75 Å². The summed E-state index contributed by atoms with van der Waals surface area (Å²) < 4.78 is 0. The zero-order valence-corrected chi connectivity index (χ0v) is 19.0. The molecule has 2 aliphatic heterocycles. The number of anilines is 1. The van der Waals surface area contributed by atoms with Gasteiger partial charge in [-0.15, -0.1) is 0 Å². The molecule has 35 heavy (non-hydrogen) atoms. The Balaban J connectivity index is 1.54. The van der Waals surface area contributed by atoms with Crippen molar-refractivity contribution in [3.05, 3.63) is 71.8 Å². The van der Waals surface area contributed by atoms with E-state index >= 15 is 0 Å². The summed E-state index contributed by atoms with van der Waals surface area (Å²) >= 11 is 0. The van der Waals surface area contributed by atoms with Crippen LogP contribution < -0.4 is 4.90 Å². The van der Waals surface area contributed by atoms with Gasteiger partial charge in [0.25, 0.3) is 11.8 Å². The van der Waals surface area contributed by atoms with Crippen LogP contribution in [0.15, 0.2) is 66.2 Å². The number of para-hydroxylation sites is 1. The molecule has 6 rings (SSSR count). The van der Waals surface area contributed by atoms with Gasteiger partial charge in [-0.3, -0.25) is 24.4 Å². The normalized spacial score (nSPS) is 34.0. The monoisotopic (exact) mass is 472 g/mol. The maximum Gasteiger partial charge on any atom is 0.257 e. The number of imide groups is 2. The number of aromatic hydroxyl groups is 1. The molecule has 1 saturated carbocycles. The Bertz CT molecular complexity index is 1320. The number of carbonyl (C=O) groups excluding carboxylic acids is 4. The number of benzene rings is 2. The van der Waals surface area contributed by atoms with E-state index in [1.807, 2.05) is 18.2 Å². The van der Waals surface area contributed by atoms with Gasteiger partial charge in [0.1, 0.15) is 5.75 Å². The van der Waals surface area contributed by atoms with Gasteiger partial charge in [0.15, 0.2) is 0 Å². The number of hydroxylamine groups is 2. The maximum absolute atomic E-state index is 14.1. The Morgan fingerprint density at radius 2 is 1.66 bits per heavy atom. The molecule has 0 bridgehead atoms. The summed E-state index contributed by atoms with van der Waals surface area (Å²) in [6.07, 6.45) is 2.38. The van der Waals surface area contributed by atoms with Crippen LogP contribution in [0.3, 0.4) is 0 Å². The highest BCUT2D eigenvalue weighted by Crippen LogP contribution is 2.63. The van der Waals surface area contributed by atoms with E-state index in [1.54, 1.807) is 43.3 Å². The number of phenolic OH excluding ortho intramolecular Hbond substituents is 1. The number of carbonyl (C=O) groups is 4. The van der Waals surface area contributed by atoms with Gasteiger partial charge in [-0.1, -0.05) is 42.0 Å². The zero-order valence-electron chi connectivity index (χ0n) is 19.0. The Kier molecular flexibility index (Phi) is 4.57. The van der Waals surface area contributed by atoms with Crippen LogP contribution >= 0.6 is 0 Å². The minimum absolute atomic E-state index is 0.0319. The van der Waals surface area contributed by atoms with Gasteiger partial charge in [0.05, 0.1) is 28.9 Å². The number of phenols is 1. The predicted molar refractivity (Wildman–Crippen MR) is 123 cm³/mol. The summed E-state index contributed by atoms with van der Waals surface area (Å²) in [7, 11) is 0. The number of fused-ring (bicyclic) bond motifs is 4. The Labute approximate surface area is 201 Å². The van der Waals surface area contributed by atoms with Crippen molar-refractivity contribution in [3.63, 3.8) is 0 Å². The van der Waals surface area contributed by atoms with E-state index < -0.39 is 46.8 Å². The molecule has 2 aromatic rings. The first-order valence-electron chi connectivity index (χ1n) is 11.7. The average molecular weight is 472 g/mol. The number of rotatable bonds is 2. The number of allylic oxidation sites excluding steroid dienone is 2. The molecule has 0 aromatic heterocycles. The molecule has 6 atom stereocenters. The lowest BCUT2D eigenvalue weighted by molar-refractivity contribution is -0.173. The molecule has 2 heterocycles. The van der Waals surface area contributed by atoms with Crippen LogP contribution in [0.1, 0.15) is 31.2 Å². The summed E-state index contributed by atoms with van der Waals surface area (Å²) in [5.41, 5.74) is 0.806. The Morgan fingerprint density at radius 3 is 2.37 bits per heavy atom. The summed E-state index contributed by atoms with van der Waals surface area (Å²) in [4.78, 5) is 54.6. The van der Waals surface area contributed by atoms with Gasteiger partial charge in [0, 0.05) is 5.92 Å². The fourth-order valence-corrected chi connectivity index (χ4v) is 6.91. The van der Waals surface area contributed by atoms with Gasteiger partial charge in [-0.2, -0.15) is 5.06 Å². The molecule has 8 nitrogen and oxygen atoms in total. The highest BCUT2D eigenvalue weighted by Gasteiger charge is 2.67. The van der Waals surface area contributed by atoms with Crippen LogP contribution in [0.5, 0.6) is 5.75 Å². The molecule has 178 valence electrons. The van der Waals surface area contributed by atoms with Gasteiger partial charge in [-0.05, 0) is 55.5 Å². The van der Waals surface area contributed by atoms with E-state index in [-0.39, 0.29) is 35.5 Å². The topological polar surface area (TPSA) is 115 Å². The molecule has 2 N–H and O–H groups in total. The van der Waals surface area contributed by atoms with Crippen LogP contribution in [0.25, 0.3) is 0 Å². The van der Waals surface area contributed by atoms with Crippen molar-refractivity contribution in [1.29, 1.82) is 0 Å². The maximum atomic E-state index is 14.1. The zero-order chi connectivity index (χ0) is 24.6. The molecule has 6 unspecified atom stereocenters. The third-order valence-electron chi connectivity index (χ3n) is 8.47. The Morgan fingerprint density at radius 1 is 0.914 bits per heavy atom. The van der Waals surface area contributed by atoms with Gasteiger partial charge in [0.2, 0.25) is 11.8 Å². The molecule has 4 amide bonds. The van der Waals surface area contributed by atoms with Crippen molar-refractivity contribution in [1.82, 2.24) is 5.06 Å². The molecule has 4 aliphatic rings. The van der Waals surface area contributed by atoms with E-state index in [0.29, 0.717) is 11.3 Å². The number of amides is 4. The average Bonchev–Trinajstić information content (AvgIpc) is 3.19. The molecular weight excluding hydrogens is 448 g/mol. The van der Waals surface area contributed by atoms with Gasteiger partial charge < -0.3 is 5.11 Å². The summed E-state index contributed by atoms with van der Waals surface area (Å²) in [5, 5.41) is 20.5. The van der Waals surface area contributed by atoms with Crippen LogP contribution in [-0.4, -0.2) is 39.0 Å². The molecule has 2 aliphatic carbocycles. The summed E-state index contributed by atoms with van der Waals surface area (Å²) in [6.45, 7) is 1.79. The molecular formula is C27H24N2O6. The van der Waals surface area contributed by atoms with E-state index in [9.17, 15) is 29.5 Å². The lowest BCUT2D eigenvalue weighted by Gasteiger charge is -2.49. The van der Waals surface area contributed by atoms with Crippen molar-refractivity contribution in [2.24, 2.45) is 29.1 Å². The van der Waals surface area contributed by atoms with E-state index in [0.717, 1.165) is 5.57 Å². The van der Waals surface area contributed by atoms with Crippen molar-refractivity contribution < 1.29 is 29.5 Å². The minimum Gasteiger partial charge on any atom is -0.508 e. The lowest BCUT2D eigenvalue weighted by Crippen LogP contribution is -2.48. The first-order valence-corrected chi connectivity index (χ1v) is 11.7. The van der Waals surface area contributed by atoms with Crippen LogP contribution in [0.2, 0.25) is 0 Å². The number of nitrogens with zero attached hydrogens (tertiary/aromatic N) is 2. The third-order valence-corrected chi connectivity index (χ3v) is 8.47.